The van der Waals surface area contributed by atoms with Crippen molar-refractivity contribution in [3.05, 3.63) is 70.0 Å². The number of hydrogen-bond donors (Lipinski definition) is 0. The molecule has 0 spiro atoms. The van der Waals surface area contributed by atoms with Crippen molar-refractivity contribution < 1.29 is 9.15 Å². The monoisotopic (exact) mass is 425 g/mol. The number of furan rings is 1. The first-order valence-electron chi connectivity index (χ1n) is 10.2. The molecule has 0 N–H and O–H groups in total. The van der Waals surface area contributed by atoms with Crippen LogP contribution in [0.25, 0.3) is 28.6 Å². The van der Waals surface area contributed by atoms with Gasteiger partial charge in [-0.25, -0.2) is 4.98 Å². The average molecular weight is 425 g/mol. The molecule has 4 aromatic rings. The van der Waals surface area contributed by atoms with Crippen molar-refractivity contribution in [1.29, 1.82) is 10.5 Å². The van der Waals surface area contributed by atoms with E-state index in [0.29, 0.717) is 28.6 Å². The number of para-hydroxylation sites is 2. The summed E-state index contributed by atoms with van der Waals surface area (Å²) in [5.74, 6) is 1.76. The summed E-state index contributed by atoms with van der Waals surface area (Å²) < 4.78 is 15.1. The van der Waals surface area contributed by atoms with Gasteiger partial charge in [0.15, 0.2) is 5.82 Å². The van der Waals surface area contributed by atoms with Gasteiger partial charge in [0.2, 0.25) is 5.88 Å². The first-order chi connectivity index (χ1) is 15.4. The van der Waals surface area contributed by atoms with Gasteiger partial charge in [-0.1, -0.05) is 12.1 Å². The Bertz CT molecular complexity index is 1450. The number of hydrogen-bond acceptors (Lipinski definition) is 5. The molecule has 0 amide bonds. The van der Waals surface area contributed by atoms with Crippen LogP contribution in [0.15, 0.2) is 34.7 Å². The first-order valence-corrected chi connectivity index (χ1v) is 10.2. The number of aromatic nitrogens is 3. The van der Waals surface area contributed by atoms with Gasteiger partial charge in [-0.2, -0.15) is 10.5 Å². The third kappa shape index (κ3) is 3.30. The average Bonchev–Trinajstić information content (AvgIpc) is 3.38. The molecule has 0 aliphatic rings. The topological polar surface area (TPSA) is 92.7 Å². The van der Waals surface area contributed by atoms with E-state index in [1.807, 2.05) is 73.2 Å². The van der Waals surface area contributed by atoms with E-state index in [9.17, 15) is 10.5 Å². The highest BCUT2D eigenvalue weighted by Crippen LogP contribution is 2.31. The SMILES string of the molecule is COCn1c(C(C#N)=Cc2cc(C)n(-c3oc(C)c(C)c3C#N)c2C)nc2ccccc21. The van der Waals surface area contributed by atoms with Crippen molar-refractivity contribution in [1.82, 2.24) is 14.1 Å². The second-order valence-electron chi connectivity index (χ2n) is 7.68. The number of imidazole rings is 1. The molecule has 0 unspecified atom stereocenters. The number of allylic oxidation sites excluding steroid dienone is 1. The van der Waals surface area contributed by atoms with Crippen LogP contribution in [0.1, 0.15) is 39.7 Å². The molecule has 0 saturated heterocycles. The molecule has 3 aromatic heterocycles. The van der Waals surface area contributed by atoms with Crippen LogP contribution < -0.4 is 0 Å². The zero-order valence-corrected chi connectivity index (χ0v) is 18.7. The second kappa shape index (κ2) is 8.22. The maximum absolute atomic E-state index is 9.98. The lowest BCUT2D eigenvalue weighted by atomic mass is 10.1. The summed E-state index contributed by atoms with van der Waals surface area (Å²) in [5, 5.41) is 19.6. The summed E-state index contributed by atoms with van der Waals surface area (Å²) in [6, 6.07) is 14.2. The summed E-state index contributed by atoms with van der Waals surface area (Å²) in [6.45, 7) is 7.90. The minimum atomic E-state index is 0.282. The molecule has 160 valence electrons. The minimum absolute atomic E-state index is 0.282. The van der Waals surface area contributed by atoms with Crippen molar-refractivity contribution in [3.63, 3.8) is 0 Å². The predicted octanol–water partition coefficient (Wildman–Crippen LogP) is 5.19. The van der Waals surface area contributed by atoms with Crippen LogP contribution in [0.5, 0.6) is 0 Å². The van der Waals surface area contributed by atoms with Gasteiger partial charge in [0.1, 0.15) is 30.2 Å². The van der Waals surface area contributed by atoms with Gasteiger partial charge in [0.05, 0.1) is 16.6 Å². The number of ether oxygens (including phenoxy) is 1. The van der Waals surface area contributed by atoms with Gasteiger partial charge in [0, 0.05) is 24.1 Å². The van der Waals surface area contributed by atoms with E-state index in [0.717, 1.165) is 33.5 Å². The highest BCUT2D eigenvalue weighted by atomic mass is 16.5. The number of benzene rings is 1. The standard InChI is InChI=1S/C25H23N5O2/c1-15-10-19(17(3)30(15)25-21(13-27)16(2)18(4)32-25)11-20(12-26)24-28-22-8-6-7-9-23(22)29(24)14-31-5/h6-11H,14H2,1-5H3. The van der Waals surface area contributed by atoms with Gasteiger partial charge < -0.3 is 9.15 Å². The van der Waals surface area contributed by atoms with E-state index >= 15 is 0 Å². The second-order valence-corrected chi connectivity index (χ2v) is 7.68. The molecule has 0 radical (unpaired) electrons. The number of methoxy groups -OCH3 is 1. The molecular formula is C25H23N5O2. The molecule has 7 heteroatoms. The van der Waals surface area contributed by atoms with Crippen LogP contribution in [0.4, 0.5) is 0 Å². The summed E-state index contributed by atoms with van der Waals surface area (Å²) in [7, 11) is 1.61. The van der Waals surface area contributed by atoms with Gasteiger partial charge >= 0.3 is 0 Å². The summed E-state index contributed by atoms with van der Waals surface area (Å²) in [6.07, 6.45) is 1.82. The molecule has 4 rings (SSSR count). The summed E-state index contributed by atoms with van der Waals surface area (Å²) in [5.41, 5.74) is 6.09. The fourth-order valence-electron chi connectivity index (χ4n) is 3.99. The van der Waals surface area contributed by atoms with Gasteiger partial charge in [-0.15, -0.1) is 0 Å². The molecule has 0 aliphatic carbocycles. The zero-order chi connectivity index (χ0) is 23.0. The Morgan fingerprint density at radius 3 is 2.62 bits per heavy atom. The third-order valence-electron chi connectivity index (χ3n) is 5.73. The van der Waals surface area contributed by atoms with E-state index in [2.05, 4.69) is 17.1 Å². The fourth-order valence-corrected chi connectivity index (χ4v) is 3.99. The number of aryl methyl sites for hydroxylation is 2. The van der Waals surface area contributed by atoms with Crippen molar-refractivity contribution in [3.8, 4) is 18.0 Å². The van der Waals surface area contributed by atoms with Crippen LogP contribution in [-0.4, -0.2) is 21.2 Å². The summed E-state index contributed by atoms with van der Waals surface area (Å²) in [4.78, 5) is 4.68. The largest absolute Gasteiger partial charge is 0.443 e. The lowest BCUT2D eigenvalue weighted by Crippen LogP contribution is -2.04. The van der Waals surface area contributed by atoms with Crippen molar-refractivity contribution in [2.45, 2.75) is 34.4 Å². The van der Waals surface area contributed by atoms with Crippen molar-refractivity contribution in [2.24, 2.45) is 0 Å². The molecule has 1 aromatic carbocycles. The molecule has 32 heavy (non-hydrogen) atoms. The molecule has 0 saturated carbocycles. The minimum Gasteiger partial charge on any atom is -0.443 e. The van der Waals surface area contributed by atoms with Gasteiger partial charge in [0.25, 0.3) is 0 Å². The lowest BCUT2D eigenvalue weighted by molar-refractivity contribution is 0.133. The highest BCUT2D eigenvalue weighted by Gasteiger charge is 2.21. The number of nitriles is 2. The van der Waals surface area contributed by atoms with E-state index in [1.165, 1.54) is 0 Å². The molecular weight excluding hydrogens is 402 g/mol. The van der Waals surface area contributed by atoms with Crippen LogP contribution in [0.2, 0.25) is 0 Å². The highest BCUT2D eigenvalue weighted by molar-refractivity contribution is 5.91. The first kappa shape index (κ1) is 21.2. The van der Waals surface area contributed by atoms with Gasteiger partial charge in [-0.05, 0) is 57.5 Å². The Balaban J connectivity index is 1.89. The third-order valence-corrected chi connectivity index (χ3v) is 5.73. The molecule has 0 atom stereocenters. The van der Waals surface area contributed by atoms with Crippen LogP contribution in [0, 0.1) is 50.4 Å². The maximum atomic E-state index is 9.98. The van der Waals surface area contributed by atoms with Gasteiger partial charge in [-0.3, -0.25) is 9.13 Å². The lowest BCUT2D eigenvalue weighted by Gasteiger charge is -2.08. The number of fused-ring (bicyclic) bond motifs is 1. The number of rotatable bonds is 5. The molecule has 7 nitrogen and oxygen atoms in total. The van der Waals surface area contributed by atoms with Crippen molar-refractivity contribution in [2.75, 3.05) is 7.11 Å². The van der Waals surface area contributed by atoms with Crippen LogP contribution >= 0.6 is 0 Å². The Kier molecular flexibility index (Phi) is 5.44. The Labute approximate surface area is 186 Å². The maximum Gasteiger partial charge on any atom is 0.222 e. The molecule has 3 heterocycles. The Hall–Kier alpha value is -4.07. The molecule has 0 aliphatic heterocycles. The fraction of sp³-hybridized carbons (Fsp3) is 0.240. The molecule has 0 bridgehead atoms. The van der Waals surface area contributed by atoms with E-state index in [1.54, 1.807) is 7.11 Å². The van der Waals surface area contributed by atoms with E-state index in [4.69, 9.17) is 9.15 Å². The van der Waals surface area contributed by atoms with Crippen LogP contribution in [0.3, 0.4) is 0 Å². The van der Waals surface area contributed by atoms with Crippen LogP contribution in [-0.2, 0) is 11.5 Å². The van der Waals surface area contributed by atoms with E-state index in [-0.39, 0.29) is 6.73 Å². The molecule has 0 fully saturated rings. The quantitative estimate of drug-likeness (QED) is 0.410. The normalized spacial score (nSPS) is 11.7. The summed E-state index contributed by atoms with van der Waals surface area (Å²) >= 11 is 0. The van der Waals surface area contributed by atoms with Crippen molar-refractivity contribution >= 4 is 22.7 Å². The smallest absolute Gasteiger partial charge is 0.222 e. The van der Waals surface area contributed by atoms with E-state index < -0.39 is 0 Å². The Morgan fingerprint density at radius 2 is 1.94 bits per heavy atom. The Morgan fingerprint density at radius 1 is 1.19 bits per heavy atom. The predicted molar refractivity (Wildman–Crippen MR) is 122 cm³/mol. The number of nitrogens with zero attached hydrogens (tertiary/aromatic N) is 5. The zero-order valence-electron chi connectivity index (χ0n) is 18.7.